The minimum absolute atomic E-state index is 0.119. The number of amides is 3. The van der Waals surface area contributed by atoms with Gasteiger partial charge in [0.25, 0.3) is 5.91 Å². The zero-order valence-electron chi connectivity index (χ0n) is 17.5. The van der Waals surface area contributed by atoms with Crippen LogP contribution < -0.4 is 16.0 Å². The van der Waals surface area contributed by atoms with E-state index in [1.54, 1.807) is 4.90 Å². The Morgan fingerprint density at radius 2 is 1.80 bits per heavy atom. The largest absolute Gasteiger partial charge is 0.322 e. The zero-order valence-corrected chi connectivity index (χ0v) is 17.5. The van der Waals surface area contributed by atoms with E-state index in [0.717, 1.165) is 30.8 Å². The summed E-state index contributed by atoms with van der Waals surface area (Å²) in [6, 6.07) is 6.02. The molecule has 3 N–H and O–H groups in total. The van der Waals surface area contributed by atoms with Gasteiger partial charge in [-0.1, -0.05) is 37.8 Å². The quantitative estimate of drug-likeness (QED) is 0.361. The molecule has 162 valence electrons. The van der Waals surface area contributed by atoms with Gasteiger partial charge in [0, 0.05) is 44.2 Å². The summed E-state index contributed by atoms with van der Waals surface area (Å²) in [7, 11) is 0. The van der Waals surface area contributed by atoms with Gasteiger partial charge in [0.05, 0.1) is 0 Å². The third-order valence-electron chi connectivity index (χ3n) is 6.51. The molecule has 1 atom stereocenters. The van der Waals surface area contributed by atoms with E-state index in [-0.39, 0.29) is 24.1 Å². The molecule has 0 aromatic heterocycles. The van der Waals surface area contributed by atoms with Crippen LogP contribution in [0.4, 0.5) is 0 Å². The standard InChI is InChI=1S/C23H32N4O3/c28-21-10-9-20(22(29)26-21)27-15-17-13-16(7-8-19(17)23(27)30)14-24-11-12-25-18-5-3-1-2-4-6-18/h7-8,13,18,20,24-25H,1-6,9-12,14-15H2,(H,26,28,29). The van der Waals surface area contributed by atoms with Crippen molar-refractivity contribution >= 4 is 17.7 Å². The van der Waals surface area contributed by atoms with Crippen molar-refractivity contribution in [2.24, 2.45) is 0 Å². The molecule has 1 aliphatic carbocycles. The molecule has 2 heterocycles. The van der Waals surface area contributed by atoms with Gasteiger partial charge >= 0.3 is 0 Å². The lowest BCUT2D eigenvalue weighted by molar-refractivity contribution is -0.136. The molecule has 0 spiro atoms. The third-order valence-corrected chi connectivity index (χ3v) is 6.51. The molecule has 4 rings (SSSR count). The molecular formula is C23H32N4O3. The Balaban J connectivity index is 1.25. The molecule has 1 saturated heterocycles. The first kappa shape index (κ1) is 21.0. The molecule has 1 aromatic rings. The first-order valence-corrected chi connectivity index (χ1v) is 11.3. The summed E-state index contributed by atoms with van der Waals surface area (Å²) in [5, 5.41) is 9.50. The Morgan fingerprint density at radius 1 is 1.00 bits per heavy atom. The summed E-state index contributed by atoms with van der Waals surface area (Å²) in [6.07, 6.45) is 8.69. The van der Waals surface area contributed by atoms with Crippen LogP contribution in [-0.4, -0.2) is 47.8 Å². The predicted molar refractivity (Wildman–Crippen MR) is 114 cm³/mol. The number of fused-ring (bicyclic) bond motifs is 1. The van der Waals surface area contributed by atoms with E-state index in [0.29, 0.717) is 24.6 Å². The SMILES string of the molecule is O=C1CCC(N2Cc3cc(CNCCNC4CCCCCC4)ccc3C2=O)C(=O)N1. The predicted octanol–water partition coefficient (Wildman–Crippen LogP) is 1.85. The van der Waals surface area contributed by atoms with Gasteiger partial charge in [-0.2, -0.15) is 0 Å². The average Bonchev–Trinajstić information content (AvgIpc) is 2.90. The van der Waals surface area contributed by atoms with Gasteiger partial charge < -0.3 is 15.5 Å². The lowest BCUT2D eigenvalue weighted by Gasteiger charge is -2.29. The van der Waals surface area contributed by atoms with Gasteiger partial charge in [0.1, 0.15) is 6.04 Å². The zero-order chi connectivity index (χ0) is 20.9. The van der Waals surface area contributed by atoms with Gasteiger partial charge in [-0.3, -0.25) is 19.7 Å². The van der Waals surface area contributed by atoms with Gasteiger partial charge in [-0.05, 0) is 36.5 Å². The molecule has 7 heteroatoms. The summed E-state index contributed by atoms with van der Waals surface area (Å²) in [6.45, 7) is 3.07. The highest BCUT2D eigenvalue weighted by molar-refractivity contribution is 6.05. The summed E-state index contributed by atoms with van der Waals surface area (Å²) in [4.78, 5) is 37.9. The van der Waals surface area contributed by atoms with Crippen molar-refractivity contribution in [3.63, 3.8) is 0 Å². The highest BCUT2D eigenvalue weighted by Gasteiger charge is 2.38. The molecule has 0 bridgehead atoms. The van der Waals surface area contributed by atoms with E-state index in [2.05, 4.69) is 22.0 Å². The highest BCUT2D eigenvalue weighted by Crippen LogP contribution is 2.28. The van der Waals surface area contributed by atoms with Crippen LogP contribution in [0, 0.1) is 0 Å². The molecule has 1 aromatic carbocycles. The number of nitrogens with zero attached hydrogens (tertiary/aromatic N) is 1. The van der Waals surface area contributed by atoms with E-state index in [4.69, 9.17) is 0 Å². The molecule has 7 nitrogen and oxygen atoms in total. The fourth-order valence-electron chi connectivity index (χ4n) is 4.82. The number of nitrogens with one attached hydrogen (secondary N) is 3. The highest BCUT2D eigenvalue weighted by atomic mass is 16.2. The number of piperidine rings is 1. The van der Waals surface area contributed by atoms with Crippen molar-refractivity contribution in [2.45, 2.75) is 76.5 Å². The Hall–Kier alpha value is -2.25. The molecule has 0 radical (unpaired) electrons. The Bertz CT molecular complexity index is 802. The third kappa shape index (κ3) is 4.90. The van der Waals surface area contributed by atoms with Crippen LogP contribution in [0.1, 0.15) is 72.9 Å². The van der Waals surface area contributed by atoms with Crippen molar-refractivity contribution in [1.29, 1.82) is 0 Å². The maximum absolute atomic E-state index is 12.7. The molecule has 30 heavy (non-hydrogen) atoms. The number of carbonyl (C=O) groups is 3. The number of carbonyl (C=O) groups excluding carboxylic acids is 3. The number of hydrogen-bond donors (Lipinski definition) is 3. The Kier molecular flexibility index (Phi) is 6.79. The first-order valence-electron chi connectivity index (χ1n) is 11.3. The van der Waals surface area contributed by atoms with Crippen LogP contribution in [0.25, 0.3) is 0 Å². The molecule has 3 aliphatic rings. The average molecular weight is 413 g/mol. The minimum atomic E-state index is -0.556. The van der Waals surface area contributed by atoms with Crippen molar-refractivity contribution in [1.82, 2.24) is 20.9 Å². The van der Waals surface area contributed by atoms with Crippen LogP contribution >= 0.6 is 0 Å². The minimum Gasteiger partial charge on any atom is -0.322 e. The molecule has 2 aliphatic heterocycles. The fourth-order valence-corrected chi connectivity index (χ4v) is 4.82. The maximum atomic E-state index is 12.7. The van der Waals surface area contributed by atoms with Gasteiger partial charge in [0.2, 0.25) is 11.8 Å². The Labute approximate surface area is 178 Å². The van der Waals surface area contributed by atoms with E-state index in [9.17, 15) is 14.4 Å². The van der Waals surface area contributed by atoms with Gasteiger partial charge in [-0.25, -0.2) is 0 Å². The van der Waals surface area contributed by atoms with Gasteiger partial charge in [0.15, 0.2) is 0 Å². The van der Waals surface area contributed by atoms with E-state index >= 15 is 0 Å². The number of benzene rings is 1. The normalized spacial score (nSPS) is 22.7. The van der Waals surface area contributed by atoms with Crippen LogP contribution in [0.15, 0.2) is 18.2 Å². The molecule has 1 unspecified atom stereocenters. The summed E-state index contributed by atoms with van der Waals surface area (Å²) < 4.78 is 0. The second-order valence-electron chi connectivity index (χ2n) is 8.71. The van der Waals surface area contributed by atoms with Crippen molar-refractivity contribution in [3.8, 4) is 0 Å². The van der Waals surface area contributed by atoms with E-state index in [1.807, 2.05) is 12.1 Å². The topological polar surface area (TPSA) is 90.5 Å². The van der Waals surface area contributed by atoms with Crippen molar-refractivity contribution < 1.29 is 14.4 Å². The lowest BCUT2D eigenvalue weighted by atomic mass is 10.0. The van der Waals surface area contributed by atoms with Crippen LogP contribution in [0.2, 0.25) is 0 Å². The summed E-state index contributed by atoms with van der Waals surface area (Å²) in [5.74, 6) is -0.746. The molecule has 3 amide bonds. The van der Waals surface area contributed by atoms with E-state index < -0.39 is 6.04 Å². The van der Waals surface area contributed by atoms with Crippen LogP contribution in [-0.2, 0) is 22.7 Å². The smallest absolute Gasteiger partial charge is 0.255 e. The second kappa shape index (κ2) is 9.71. The monoisotopic (exact) mass is 412 g/mol. The van der Waals surface area contributed by atoms with E-state index in [1.165, 1.54) is 38.5 Å². The second-order valence-corrected chi connectivity index (χ2v) is 8.71. The lowest BCUT2D eigenvalue weighted by Crippen LogP contribution is -2.52. The van der Waals surface area contributed by atoms with Crippen molar-refractivity contribution in [2.75, 3.05) is 13.1 Å². The number of rotatable bonds is 7. The summed E-state index contributed by atoms with van der Waals surface area (Å²) in [5.41, 5.74) is 2.76. The number of imide groups is 1. The first-order chi connectivity index (χ1) is 14.6. The maximum Gasteiger partial charge on any atom is 0.255 e. The molecule has 2 fully saturated rings. The molecule has 1 saturated carbocycles. The summed E-state index contributed by atoms with van der Waals surface area (Å²) >= 11 is 0. The fraction of sp³-hybridized carbons (Fsp3) is 0.609. The molecular weight excluding hydrogens is 380 g/mol. The number of hydrogen-bond acceptors (Lipinski definition) is 5. The Morgan fingerprint density at radius 3 is 2.57 bits per heavy atom. The van der Waals surface area contributed by atoms with Crippen LogP contribution in [0.5, 0.6) is 0 Å². The van der Waals surface area contributed by atoms with Crippen molar-refractivity contribution in [3.05, 3.63) is 34.9 Å². The van der Waals surface area contributed by atoms with Gasteiger partial charge in [-0.15, -0.1) is 0 Å². The van der Waals surface area contributed by atoms with Crippen LogP contribution in [0.3, 0.4) is 0 Å².